The van der Waals surface area contributed by atoms with E-state index in [-0.39, 0.29) is 5.25 Å². The van der Waals surface area contributed by atoms with Crippen molar-refractivity contribution in [2.75, 3.05) is 0 Å². The number of rotatable bonds is 2. The van der Waals surface area contributed by atoms with Gasteiger partial charge in [0.25, 0.3) is 0 Å². The summed E-state index contributed by atoms with van der Waals surface area (Å²) in [5, 5.41) is 3.92. The minimum atomic E-state index is -0.904. The molecule has 1 N–H and O–H groups in total. The van der Waals surface area contributed by atoms with Crippen molar-refractivity contribution in [3.8, 4) is 0 Å². The molecular weight excluding hydrogens is 310 g/mol. The topological polar surface area (TPSA) is 29.1 Å². The zero-order chi connectivity index (χ0) is 12.9. The standard InChI is InChI=1S/C14H18BrNOS/c1-8-9(2)18(17)14-11(4-3-5-12(14)15)13(8)16-10-6-7-10/h3-5,8-10,13,16H,6-7H2,1-2H3. The van der Waals surface area contributed by atoms with Gasteiger partial charge in [0, 0.05) is 21.8 Å². The summed E-state index contributed by atoms with van der Waals surface area (Å²) in [6.07, 6.45) is 2.56. The largest absolute Gasteiger partial charge is 0.307 e. The average molecular weight is 328 g/mol. The van der Waals surface area contributed by atoms with Crippen LogP contribution in [0, 0.1) is 5.92 Å². The van der Waals surface area contributed by atoms with E-state index in [1.165, 1.54) is 18.4 Å². The van der Waals surface area contributed by atoms with E-state index < -0.39 is 10.8 Å². The van der Waals surface area contributed by atoms with Crippen LogP contribution in [-0.2, 0) is 10.8 Å². The highest BCUT2D eigenvalue weighted by Gasteiger charge is 2.39. The summed E-state index contributed by atoms with van der Waals surface area (Å²) in [6.45, 7) is 4.32. The molecule has 1 aliphatic carbocycles. The summed E-state index contributed by atoms with van der Waals surface area (Å²) >= 11 is 3.56. The number of hydrogen-bond acceptors (Lipinski definition) is 2. The lowest BCUT2D eigenvalue weighted by Crippen LogP contribution is -2.40. The lowest BCUT2D eigenvalue weighted by Gasteiger charge is -2.36. The van der Waals surface area contributed by atoms with Crippen LogP contribution < -0.4 is 5.32 Å². The normalized spacial score (nSPS) is 35.3. The SMILES string of the molecule is CC1C(NC2CC2)c2cccc(Br)c2S(=O)C1C. The first kappa shape index (κ1) is 12.8. The van der Waals surface area contributed by atoms with Crippen LogP contribution in [0.3, 0.4) is 0 Å². The third-order valence-corrected chi connectivity index (χ3v) is 7.02. The van der Waals surface area contributed by atoms with Crippen LogP contribution in [0.4, 0.5) is 0 Å². The van der Waals surface area contributed by atoms with Crippen molar-refractivity contribution >= 4 is 26.7 Å². The van der Waals surface area contributed by atoms with Gasteiger partial charge < -0.3 is 5.32 Å². The van der Waals surface area contributed by atoms with Crippen molar-refractivity contribution < 1.29 is 4.21 Å². The van der Waals surface area contributed by atoms with E-state index in [1.54, 1.807) is 0 Å². The molecule has 4 heteroatoms. The van der Waals surface area contributed by atoms with E-state index in [0.717, 1.165) is 9.37 Å². The molecule has 1 heterocycles. The van der Waals surface area contributed by atoms with Crippen molar-refractivity contribution in [2.24, 2.45) is 5.92 Å². The number of nitrogens with one attached hydrogen (secondary N) is 1. The summed E-state index contributed by atoms with van der Waals surface area (Å²) < 4.78 is 13.5. The Morgan fingerprint density at radius 2 is 2.06 bits per heavy atom. The fraction of sp³-hybridized carbons (Fsp3) is 0.571. The van der Waals surface area contributed by atoms with Crippen LogP contribution in [0.1, 0.15) is 38.3 Å². The third-order valence-electron chi connectivity index (χ3n) is 4.13. The maximum absolute atomic E-state index is 12.5. The molecular formula is C14H18BrNOS. The minimum Gasteiger partial charge on any atom is -0.307 e. The smallest absolute Gasteiger partial charge is 0.0580 e. The molecule has 0 amide bonds. The van der Waals surface area contributed by atoms with Crippen molar-refractivity contribution in [3.05, 3.63) is 28.2 Å². The molecule has 0 bridgehead atoms. The monoisotopic (exact) mass is 327 g/mol. The van der Waals surface area contributed by atoms with Gasteiger partial charge in [-0.1, -0.05) is 26.0 Å². The van der Waals surface area contributed by atoms with E-state index in [1.807, 2.05) is 12.1 Å². The number of halogens is 1. The Kier molecular flexibility index (Phi) is 3.37. The second kappa shape index (κ2) is 4.73. The van der Waals surface area contributed by atoms with Crippen LogP contribution in [-0.4, -0.2) is 15.5 Å². The van der Waals surface area contributed by atoms with E-state index in [2.05, 4.69) is 41.2 Å². The first-order valence-corrected chi connectivity index (χ1v) is 8.55. The van der Waals surface area contributed by atoms with E-state index in [4.69, 9.17) is 0 Å². The molecule has 0 aromatic heterocycles. The summed E-state index contributed by atoms with van der Waals surface area (Å²) in [7, 11) is -0.904. The Morgan fingerprint density at radius 3 is 2.72 bits per heavy atom. The Bertz CT molecular complexity index is 501. The molecule has 3 rings (SSSR count). The maximum atomic E-state index is 12.5. The van der Waals surface area contributed by atoms with Crippen LogP contribution in [0.2, 0.25) is 0 Å². The van der Waals surface area contributed by atoms with Crippen molar-refractivity contribution in [1.29, 1.82) is 0 Å². The minimum absolute atomic E-state index is 0.201. The highest BCUT2D eigenvalue weighted by Crippen LogP contribution is 2.42. The molecule has 18 heavy (non-hydrogen) atoms. The van der Waals surface area contributed by atoms with Gasteiger partial charge in [-0.05, 0) is 46.3 Å². The predicted octanol–water partition coefficient (Wildman–Crippen LogP) is 3.39. The van der Waals surface area contributed by atoms with Gasteiger partial charge in [-0.2, -0.15) is 0 Å². The molecule has 0 spiro atoms. The second-order valence-electron chi connectivity index (χ2n) is 5.44. The maximum Gasteiger partial charge on any atom is 0.0580 e. The Hall–Kier alpha value is -0.190. The van der Waals surface area contributed by atoms with Gasteiger partial charge >= 0.3 is 0 Å². The molecule has 98 valence electrons. The zero-order valence-electron chi connectivity index (χ0n) is 10.7. The van der Waals surface area contributed by atoms with Gasteiger partial charge in [-0.25, -0.2) is 0 Å². The molecule has 1 aromatic carbocycles. The molecule has 4 atom stereocenters. The average Bonchev–Trinajstić information content (AvgIpc) is 3.15. The molecule has 1 aliphatic heterocycles. The molecule has 1 saturated carbocycles. The third kappa shape index (κ3) is 2.08. The fourth-order valence-electron chi connectivity index (χ4n) is 2.66. The zero-order valence-corrected chi connectivity index (χ0v) is 13.1. The highest BCUT2D eigenvalue weighted by atomic mass is 79.9. The first-order chi connectivity index (χ1) is 8.59. The lowest BCUT2D eigenvalue weighted by atomic mass is 9.91. The molecule has 1 aromatic rings. The molecule has 0 radical (unpaired) electrons. The Labute approximate surface area is 119 Å². The van der Waals surface area contributed by atoms with Gasteiger partial charge in [-0.3, -0.25) is 4.21 Å². The van der Waals surface area contributed by atoms with Gasteiger partial charge in [0.1, 0.15) is 0 Å². The fourth-order valence-corrected chi connectivity index (χ4v) is 5.13. The summed E-state index contributed by atoms with van der Waals surface area (Å²) in [5.74, 6) is 0.410. The molecule has 4 unspecified atom stereocenters. The summed E-state index contributed by atoms with van der Waals surface area (Å²) in [6, 6.07) is 7.18. The van der Waals surface area contributed by atoms with E-state index in [9.17, 15) is 4.21 Å². The Balaban J connectivity index is 2.07. The van der Waals surface area contributed by atoms with Crippen LogP contribution in [0.15, 0.2) is 27.6 Å². The van der Waals surface area contributed by atoms with Crippen molar-refractivity contribution in [3.63, 3.8) is 0 Å². The summed E-state index contributed by atoms with van der Waals surface area (Å²) in [5.41, 5.74) is 1.22. The highest BCUT2D eigenvalue weighted by molar-refractivity contribution is 9.10. The van der Waals surface area contributed by atoms with Crippen LogP contribution in [0.25, 0.3) is 0 Å². The number of fused-ring (bicyclic) bond motifs is 1. The Morgan fingerprint density at radius 1 is 1.33 bits per heavy atom. The quantitative estimate of drug-likeness (QED) is 0.902. The molecule has 1 fully saturated rings. The second-order valence-corrected chi connectivity index (χ2v) is 8.04. The summed E-state index contributed by atoms with van der Waals surface area (Å²) in [4.78, 5) is 1.00. The van der Waals surface area contributed by atoms with Crippen LogP contribution in [0.5, 0.6) is 0 Å². The molecule has 2 nitrogen and oxygen atoms in total. The van der Waals surface area contributed by atoms with Crippen molar-refractivity contribution in [2.45, 2.75) is 48.9 Å². The van der Waals surface area contributed by atoms with Gasteiger partial charge in [0.05, 0.1) is 15.7 Å². The van der Waals surface area contributed by atoms with Crippen molar-refractivity contribution in [1.82, 2.24) is 5.32 Å². The number of benzene rings is 1. The first-order valence-electron chi connectivity index (χ1n) is 6.54. The van der Waals surface area contributed by atoms with Gasteiger partial charge in [-0.15, -0.1) is 0 Å². The van der Waals surface area contributed by atoms with Crippen LogP contribution >= 0.6 is 15.9 Å². The molecule has 2 aliphatic rings. The predicted molar refractivity (Wildman–Crippen MR) is 78.1 cm³/mol. The molecule has 0 saturated heterocycles. The number of hydrogen-bond donors (Lipinski definition) is 1. The van der Waals surface area contributed by atoms with E-state index >= 15 is 0 Å². The van der Waals surface area contributed by atoms with Gasteiger partial charge in [0.2, 0.25) is 0 Å². The lowest BCUT2D eigenvalue weighted by molar-refractivity contribution is 0.363. The van der Waals surface area contributed by atoms with E-state index in [0.29, 0.717) is 18.0 Å². The van der Waals surface area contributed by atoms with Gasteiger partial charge in [0.15, 0.2) is 0 Å².